The average molecular weight is 263 g/mol. The Balaban J connectivity index is 2.05. The number of hydrogen-bond donors (Lipinski definition) is 0. The van der Waals surface area contributed by atoms with Crippen molar-refractivity contribution in [2.24, 2.45) is 0 Å². The maximum absolute atomic E-state index is 11.6. The van der Waals surface area contributed by atoms with Gasteiger partial charge in [0.15, 0.2) is 11.5 Å². The molecule has 1 aliphatic carbocycles. The first-order valence-corrected chi connectivity index (χ1v) is 7.22. The third kappa shape index (κ3) is 1.85. The Hall–Kier alpha value is -1.33. The molecule has 0 spiro atoms. The van der Waals surface area contributed by atoms with E-state index < -0.39 is 0 Å². The van der Waals surface area contributed by atoms with Crippen molar-refractivity contribution in [2.45, 2.75) is 10.8 Å². The third-order valence-electron chi connectivity index (χ3n) is 2.52. The van der Waals surface area contributed by atoms with Gasteiger partial charge in [0.1, 0.15) is 10.0 Å². The molecule has 3 rings (SSSR count). The minimum absolute atomic E-state index is 0.0362. The minimum Gasteiger partial charge on any atom is -0.451 e. The number of Topliss-reactive ketones (excluding diaryl/α,β-unsaturated/α-hetero) is 1. The van der Waals surface area contributed by atoms with Gasteiger partial charge in [0, 0.05) is 17.4 Å². The van der Waals surface area contributed by atoms with Crippen molar-refractivity contribution in [3.63, 3.8) is 0 Å². The number of ketones is 1. The second-order valence-corrected chi connectivity index (χ2v) is 5.54. The third-order valence-corrected chi connectivity index (χ3v) is 4.39. The van der Waals surface area contributed by atoms with Crippen LogP contribution in [0.25, 0.3) is 17.5 Å². The van der Waals surface area contributed by atoms with Crippen molar-refractivity contribution in [3.8, 4) is 11.5 Å². The highest BCUT2D eigenvalue weighted by molar-refractivity contribution is 8.00. The molecule has 2 heterocycles. The number of allylic oxidation sites excluding steroid dienone is 1. The molecule has 5 heteroatoms. The first-order chi connectivity index (χ1) is 8.28. The fourth-order valence-corrected chi connectivity index (χ4v) is 2.97. The van der Waals surface area contributed by atoms with E-state index in [1.807, 2.05) is 29.9 Å². The number of nitrogens with zero attached hydrogens (tertiary/aromatic N) is 1. The van der Waals surface area contributed by atoms with Crippen LogP contribution >= 0.6 is 23.1 Å². The zero-order valence-corrected chi connectivity index (χ0v) is 10.7. The van der Waals surface area contributed by atoms with Gasteiger partial charge in [0.25, 0.3) is 0 Å². The highest BCUT2D eigenvalue weighted by Gasteiger charge is 2.20. The minimum atomic E-state index is 0.0362. The lowest BCUT2D eigenvalue weighted by Crippen LogP contribution is -2.00. The average Bonchev–Trinajstić information content (AvgIpc) is 2.95. The van der Waals surface area contributed by atoms with Gasteiger partial charge in [-0.05, 0) is 12.3 Å². The van der Waals surface area contributed by atoms with Crippen molar-refractivity contribution in [3.05, 3.63) is 28.8 Å². The van der Waals surface area contributed by atoms with Gasteiger partial charge in [0.05, 0.1) is 0 Å². The highest BCUT2D eigenvalue weighted by Crippen LogP contribution is 2.32. The van der Waals surface area contributed by atoms with E-state index >= 15 is 0 Å². The Morgan fingerprint density at radius 2 is 2.41 bits per heavy atom. The molecular weight excluding hydrogens is 254 g/mol. The molecule has 0 aromatic carbocycles. The molecule has 17 heavy (non-hydrogen) atoms. The molecule has 0 N–H and O–H groups in total. The number of thioether (sulfide) groups is 1. The van der Waals surface area contributed by atoms with Crippen LogP contribution in [0.4, 0.5) is 0 Å². The maximum Gasteiger partial charge on any atom is 0.202 e. The molecule has 0 radical (unpaired) electrons. The number of carbonyl (C=O) groups is 1. The largest absolute Gasteiger partial charge is 0.451 e. The SMILES string of the molecule is CSc1nc(-c2cc3c(o2)C(=O)CC=C3)cs1. The van der Waals surface area contributed by atoms with E-state index in [9.17, 15) is 4.79 Å². The molecule has 3 nitrogen and oxygen atoms in total. The summed E-state index contributed by atoms with van der Waals surface area (Å²) in [6, 6.07) is 1.88. The van der Waals surface area contributed by atoms with Gasteiger partial charge in [-0.15, -0.1) is 11.3 Å². The summed E-state index contributed by atoms with van der Waals surface area (Å²) in [6.07, 6.45) is 6.19. The van der Waals surface area contributed by atoms with E-state index in [1.165, 1.54) is 0 Å². The first-order valence-electron chi connectivity index (χ1n) is 5.11. The van der Waals surface area contributed by atoms with Crippen molar-refractivity contribution in [1.29, 1.82) is 0 Å². The van der Waals surface area contributed by atoms with Crippen LogP contribution < -0.4 is 0 Å². The second kappa shape index (κ2) is 4.16. The van der Waals surface area contributed by atoms with Crippen molar-refractivity contribution in [2.75, 3.05) is 6.26 Å². The number of fused-ring (bicyclic) bond motifs is 1. The van der Waals surface area contributed by atoms with Gasteiger partial charge in [-0.2, -0.15) is 0 Å². The summed E-state index contributed by atoms with van der Waals surface area (Å²) in [4.78, 5) is 16.0. The molecular formula is C12H9NO2S2. The lowest BCUT2D eigenvalue weighted by atomic mass is 10.0. The van der Waals surface area contributed by atoms with Gasteiger partial charge in [-0.25, -0.2) is 4.98 Å². The number of furan rings is 1. The first kappa shape index (κ1) is 10.8. The molecule has 2 aromatic rings. The van der Waals surface area contributed by atoms with Gasteiger partial charge in [0.2, 0.25) is 5.78 Å². The second-order valence-electron chi connectivity index (χ2n) is 3.63. The number of thiazole rings is 1. The standard InChI is InChI=1S/C12H9NO2S2/c1-16-12-13-8(6-17-12)10-5-7-3-2-4-9(14)11(7)15-10/h2-3,5-6H,4H2,1H3. The van der Waals surface area contributed by atoms with Crippen LogP contribution in [0.5, 0.6) is 0 Å². The van der Waals surface area contributed by atoms with Crippen LogP contribution in [-0.4, -0.2) is 17.0 Å². The molecule has 0 atom stereocenters. The molecule has 2 aromatic heterocycles. The fourth-order valence-electron chi connectivity index (χ4n) is 1.72. The lowest BCUT2D eigenvalue weighted by molar-refractivity contribution is 0.0968. The Morgan fingerprint density at radius 1 is 1.53 bits per heavy atom. The summed E-state index contributed by atoms with van der Waals surface area (Å²) in [5.41, 5.74) is 1.66. The van der Waals surface area contributed by atoms with Crippen LogP contribution in [0.15, 0.2) is 26.3 Å². The Labute approximate surface area is 107 Å². The van der Waals surface area contributed by atoms with Crippen molar-refractivity contribution >= 4 is 35.0 Å². The van der Waals surface area contributed by atoms with Crippen LogP contribution in [0.2, 0.25) is 0 Å². The molecule has 0 fully saturated rings. The molecule has 0 saturated carbocycles. The quantitative estimate of drug-likeness (QED) is 0.774. The van der Waals surface area contributed by atoms with Crippen LogP contribution in [0.3, 0.4) is 0 Å². The molecule has 0 amide bonds. The summed E-state index contributed by atoms with van der Waals surface area (Å²) < 4.78 is 6.59. The molecule has 86 valence electrons. The van der Waals surface area contributed by atoms with E-state index in [-0.39, 0.29) is 5.78 Å². The Morgan fingerprint density at radius 3 is 3.12 bits per heavy atom. The fraction of sp³-hybridized carbons (Fsp3) is 0.167. The van der Waals surface area contributed by atoms with E-state index in [4.69, 9.17) is 4.42 Å². The lowest BCUT2D eigenvalue weighted by Gasteiger charge is -1.99. The number of hydrogen-bond acceptors (Lipinski definition) is 5. The topological polar surface area (TPSA) is 43.1 Å². The monoisotopic (exact) mass is 263 g/mol. The summed E-state index contributed by atoms with van der Waals surface area (Å²) in [7, 11) is 0. The number of carbonyl (C=O) groups excluding carboxylic acids is 1. The summed E-state index contributed by atoms with van der Waals surface area (Å²) >= 11 is 3.18. The van der Waals surface area contributed by atoms with Crippen LogP contribution in [0, 0.1) is 0 Å². The van der Waals surface area contributed by atoms with Crippen molar-refractivity contribution in [1.82, 2.24) is 4.98 Å². The van der Waals surface area contributed by atoms with Gasteiger partial charge in [-0.1, -0.05) is 23.9 Å². The van der Waals surface area contributed by atoms with Gasteiger partial charge < -0.3 is 4.42 Å². The van der Waals surface area contributed by atoms with E-state index in [0.717, 1.165) is 15.6 Å². The predicted octanol–water partition coefficient (Wildman–Crippen LogP) is 3.72. The zero-order chi connectivity index (χ0) is 11.8. The maximum atomic E-state index is 11.6. The Bertz CT molecular complexity index is 610. The molecule has 0 bridgehead atoms. The molecule has 0 unspecified atom stereocenters. The number of rotatable bonds is 2. The van der Waals surface area contributed by atoms with Crippen molar-refractivity contribution < 1.29 is 9.21 Å². The predicted molar refractivity (Wildman–Crippen MR) is 69.6 cm³/mol. The van der Waals surface area contributed by atoms with Gasteiger partial charge >= 0.3 is 0 Å². The Kier molecular flexibility index (Phi) is 2.64. The summed E-state index contributed by atoms with van der Waals surface area (Å²) in [5, 5.41) is 1.95. The normalized spacial score (nSPS) is 14.1. The smallest absolute Gasteiger partial charge is 0.202 e. The molecule has 0 saturated heterocycles. The van der Waals surface area contributed by atoms with Gasteiger partial charge in [-0.3, -0.25) is 4.79 Å². The number of aromatic nitrogens is 1. The van der Waals surface area contributed by atoms with E-state index in [0.29, 0.717) is 17.9 Å². The molecule has 0 aliphatic heterocycles. The van der Waals surface area contributed by atoms with Crippen LogP contribution in [0.1, 0.15) is 22.5 Å². The van der Waals surface area contributed by atoms with Crippen LogP contribution in [-0.2, 0) is 0 Å². The summed E-state index contributed by atoms with van der Waals surface area (Å²) in [5.74, 6) is 1.17. The highest BCUT2D eigenvalue weighted by atomic mass is 32.2. The molecule has 1 aliphatic rings. The summed E-state index contributed by atoms with van der Waals surface area (Å²) in [6.45, 7) is 0. The zero-order valence-electron chi connectivity index (χ0n) is 9.10. The van der Waals surface area contributed by atoms with E-state index in [2.05, 4.69) is 4.98 Å². The van der Waals surface area contributed by atoms with E-state index in [1.54, 1.807) is 23.1 Å².